The molecule has 28 heavy (non-hydrogen) atoms. The van der Waals surface area contributed by atoms with Crippen molar-refractivity contribution < 1.29 is 4.74 Å². The molecule has 4 aromatic rings. The van der Waals surface area contributed by atoms with E-state index in [0.29, 0.717) is 13.2 Å². The molecule has 1 fully saturated rings. The number of H-pyrrole nitrogens is 2. The fourth-order valence-corrected chi connectivity index (χ4v) is 3.62. The third kappa shape index (κ3) is 2.82. The number of rotatable bonds is 3. The van der Waals surface area contributed by atoms with Crippen LogP contribution in [-0.2, 0) is 4.74 Å². The number of aryl methyl sites for hydroxylation is 1. The average molecular weight is 375 g/mol. The van der Waals surface area contributed by atoms with Crippen LogP contribution in [0.3, 0.4) is 0 Å². The predicted octanol–water partition coefficient (Wildman–Crippen LogP) is 2.94. The monoisotopic (exact) mass is 375 g/mol. The molecular formula is C20H21N7O. The second kappa shape index (κ2) is 6.72. The molecule has 5 rings (SSSR count). The van der Waals surface area contributed by atoms with Crippen molar-refractivity contribution in [2.45, 2.75) is 19.9 Å². The minimum atomic E-state index is 0.255. The summed E-state index contributed by atoms with van der Waals surface area (Å²) in [5.74, 6) is 0.918. The number of hydrogen-bond acceptors (Lipinski definition) is 6. The molecule has 1 aliphatic heterocycles. The van der Waals surface area contributed by atoms with E-state index in [2.05, 4.69) is 49.3 Å². The fourth-order valence-electron chi connectivity index (χ4n) is 3.62. The Morgan fingerprint density at radius 2 is 2.11 bits per heavy atom. The largest absolute Gasteiger partial charge is 0.377 e. The summed E-state index contributed by atoms with van der Waals surface area (Å²) in [5, 5.41) is 14.8. The summed E-state index contributed by atoms with van der Waals surface area (Å²) in [4.78, 5) is 11.7. The Hall–Kier alpha value is -3.26. The lowest BCUT2D eigenvalue weighted by molar-refractivity contribution is 0.0986. The van der Waals surface area contributed by atoms with E-state index in [4.69, 9.17) is 9.72 Å². The highest BCUT2D eigenvalue weighted by Crippen LogP contribution is 2.34. The summed E-state index contributed by atoms with van der Waals surface area (Å²) in [7, 11) is 0. The van der Waals surface area contributed by atoms with Crippen molar-refractivity contribution in [2.75, 3.05) is 24.7 Å². The quantitative estimate of drug-likeness (QED) is 0.572. The van der Waals surface area contributed by atoms with Crippen LogP contribution in [0.15, 0.2) is 36.7 Å². The van der Waals surface area contributed by atoms with Crippen LogP contribution in [0.25, 0.3) is 33.5 Å². The topological polar surface area (TPSA) is 95.6 Å². The zero-order valence-electron chi connectivity index (χ0n) is 15.8. The molecule has 2 N–H and O–H groups in total. The molecule has 0 bridgehead atoms. The Balaban J connectivity index is 1.74. The summed E-state index contributed by atoms with van der Waals surface area (Å²) in [6.07, 6.45) is 3.61. The van der Waals surface area contributed by atoms with Crippen LogP contribution in [-0.4, -0.2) is 56.2 Å². The SMILES string of the molecule is Cc1ccc(-c2cc(N3CCOCC3C)nc3c(-c4ccn[nH]4)[nH]nc23)cn1. The number of nitrogens with zero attached hydrogens (tertiary/aromatic N) is 5. The molecular weight excluding hydrogens is 354 g/mol. The van der Waals surface area contributed by atoms with Crippen LogP contribution < -0.4 is 4.90 Å². The van der Waals surface area contributed by atoms with Crippen molar-refractivity contribution in [3.05, 3.63) is 42.4 Å². The van der Waals surface area contributed by atoms with Gasteiger partial charge in [-0.15, -0.1) is 0 Å². The lowest BCUT2D eigenvalue weighted by Gasteiger charge is -2.34. The summed E-state index contributed by atoms with van der Waals surface area (Å²) in [6.45, 7) is 6.34. The maximum absolute atomic E-state index is 5.61. The van der Waals surface area contributed by atoms with Gasteiger partial charge in [-0.3, -0.25) is 15.2 Å². The Bertz CT molecular complexity index is 1100. The van der Waals surface area contributed by atoms with Crippen molar-refractivity contribution in [2.24, 2.45) is 0 Å². The van der Waals surface area contributed by atoms with E-state index in [-0.39, 0.29) is 6.04 Å². The van der Waals surface area contributed by atoms with E-state index in [9.17, 15) is 0 Å². The van der Waals surface area contributed by atoms with Gasteiger partial charge in [-0.1, -0.05) is 6.07 Å². The van der Waals surface area contributed by atoms with Crippen LogP contribution in [0.2, 0.25) is 0 Å². The molecule has 0 spiro atoms. The van der Waals surface area contributed by atoms with Crippen LogP contribution >= 0.6 is 0 Å². The Morgan fingerprint density at radius 1 is 1.18 bits per heavy atom. The molecule has 0 aromatic carbocycles. The lowest BCUT2D eigenvalue weighted by atomic mass is 10.1. The standard InChI is InChI=1S/C20H21N7O/c1-12-3-4-14(10-21-12)15-9-17(27-7-8-28-11-13(27)2)23-20-18(15)25-26-19(20)16-5-6-22-24-16/h3-6,9-10,13H,7-8,11H2,1-2H3,(H,22,24)(H,25,26). The van der Waals surface area contributed by atoms with E-state index >= 15 is 0 Å². The molecule has 4 aromatic heterocycles. The van der Waals surface area contributed by atoms with Crippen LogP contribution in [0, 0.1) is 6.92 Å². The number of anilines is 1. The van der Waals surface area contributed by atoms with E-state index in [1.807, 2.05) is 25.3 Å². The van der Waals surface area contributed by atoms with Crippen molar-refractivity contribution in [1.82, 2.24) is 30.4 Å². The number of aromatic amines is 2. The lowest BCUT2D eigenvalue weighted by Crippen LogP contribution is -2.44. The van der Waals surface area contributed by atoms with Crippen LogP contribution in [0.5, 0.6) is 0 Å². The van der Waals surface area contributed by atoms with Gasteiger partial charge in [0.2, 0.25) is 0 Å². The molecule has 1 unspecified atom stereocenters. The number of morpholine rings is 1. The van der Waals surface area contributed by atoms with E-state index < -0.39 is 0 Å². The summed E-state index contributed by atoms with van der Waals surface area (Å²) in [5.41, 5.74) is 6.33. The van der Waals surface area contributed by atoms with Crippen LogP contribution in [0.1, 0.15) is 12.6 Å². The Kier molecular flexibility index (Phi) is 4.05. The van der Waals surface area contributed by atoms with Gasteiger partial charge in [-0.05, 0) is 32.0 Å². The highest BCUT2D eigenvalue weighted by Gasteiger charge is 2.24. The molecule has 8 heteroatoms. The van der Waals surface area contributed by atoms with Gasteiger partial charge in [0.15, 0.2) is 0 Å². The second-order valence-corrected chi connectivity index (χ2v) is 7.10. The van der Waals surface area contributed by atoms with Crippen molar-refractivity contribution in [3.8, 4) is 22.5 Å². The summed E-state index contributed by atoms with van der Waals surface area (Å²) < 4.78 is 5.61. The summed E-state index contributed by atoms with van der Waals surface area (Å²) >= 11 is 0. The van der Waals surface area contributed by atoms with Crippen molar-refractivity contribution in [1.29, 1.82) is 0 Å². The molecule has 0 amide bonds. The fraction of sp³-hybridized carbons (Fsp3) is 0.300. The maximum Gasteiger partial charge on any atom is 0.130 e. The normalized spacial score (nSPS) is 17.4. The van der Waals surface area contributed by atoms with Gasteiger partial charge < -0.3 is 9.64 Å². The smallest absolute Gasteiger partial charge is 0.130 e. The van der Waals surface area contributed by atoms with Gasteiger partial charge in [-0.2, -0.15) is 10.2 Å². The molecule has 1 aliphatic rings. The number of hydrogen-bond donors (Lipinski definition) is 2. The van der Waals surface area contributed by atoms with Gasteiger partial charge in [0.05, 0.1) is 24.9 Å². The first-order valence-corrected chi connectivity index (χ1v) is 9.37. The molecule has 5 heterocycles. The van der Waals surface area contributed by atoms with Gasteiger partial charge in [0.1, 0.15) is 22.5 Å². The predicted molar refractivity (Wildman–Crippen MR) is 107 cm³/mol. The third-order valence-electron chi connectivity index (χ3n) is 5.15. The van der Waals surface area contributed by atoms with Gasteiger partial charge in [-0.25, -0.2) is 4.98 Å². The molecule has 1 atom stereocenters. The molecule has 8 nitrogen and oxygen atoms in total. The van der Waals surface area contributed by atoms with Crippen LogP contribution in [0.4, 0.5) is 5.82 Å². The number of ether oxygens (including phenoxy) is 1. The molecule has 0 aliphatic carbocycles. The molecule has 0 radical (unpaired) electrons. The van der Waals surface area contributed by atoms with Gasteiger partial charge in [0, 0.05) is 35.8 Å². The van der Waals surface area contributed by atoms with E-state index in [1.54, 1.807) is 6.20 Å². The molecule has 0 saturated carbocycles. The minimum Gasteiger partial charge on any atom is -0.377 e. The average Bonchev–Trinajstić information content (AvgIpc) is 3.38. The molecule has 1 saturated heterocycles. The second-order valence-electron chi connectivity index (χ2n) is 7.10. The first kappa shape index (κ1) is 16.9. The zero-order valence-corrected chi connectivity index (χ0v) is 15.8. The van der Waals surface area contributed by atoms with Gasteiger partial charge in [0.25, 0.3) is 0 Å². The highest BCUT2D eigenvalue weighted by molar-refractivity contribution is 5.99. The summed E-state index contributed by atoms with van der Waals surface area (Å²) in [6, 6.07) is 8.36. The van der Waals surface area contributed by atoms with E-state index in [0.717, 1.165) is 51.6 Å². The number of pyridine rings is 2. The molecule has 142 valence electrons. The first-order chi connectivity index (χ1) is 13.7. The Morgan fingerprint density at radius 3 is 2.86 bits per heavy atom. The third-order valence-corrected chi connectivity index (χ3v) is 5.15. The number of nitrogens with one attached hydrogen (secondary N) is 2. The van der Waals surface area contributed by atoms with Crippen molar-refractivity contribution >= 4 is 16.9 Å². The van der Waals surface area contributed by atoms with Crippen molar-refractivity contribution in [3.63, 3.8) is 0 Å². The van der Waals surface area contributed by atoms with Gasteiger partial charge >= 0.3 is 0 Å². The first-order valence-electron chi connectivity index (χ1n) is 9.37. The maximum atomic E-state index is 5.61. The number of fused-ring (bicyclic) bond motifs is 1. The number of aromatic nitrogens is 6. The van der Waals surface area contributed by atoms with E-state index in [1.165, 1.54) is 0 Å². The highest BCUT2D eigenvalue weighted by atomic mass is 16.5. The zero-order chi connectivity index (χ0) is 19.1. The Labute approximate surface area is 162 Å². The minimum absolute atomic E-state index is 0.255.